The van der Waals surface area contributed by atoms with E-state index in [1.165, 1.54) is 17.4 Å². The summed E-state index contributed by atoms with van der Waals surface area (Å²) in [5.74, 6) is -0.660. The van der Waals surface area contributed by atoms with Gasteiger partial charge in [-0.25, -0.2) is 9.48 Å². The number of hydrogen-bond acceptors (Lipinski definition) is 6. The predicted octanol–water partition coefficient (Wildman–Crippen LogP) is 6.92. The number of fused-ring (bicyclic) bond motifs is 2. The Hall–Kier alpha value is -2.86. The summed E-state index contributed by atoms with van der Waals surface area (Å²) in [6.45, 7) is 4.02. The van der Waals surface area contributed by atoms with Crippen molar-refractivity contribution in [3.05, 3.63) is 62.1 Å². The van der Waals surface area contributed by atoms with Gasteiger partial charge in [-0.3, -0.25) is 4.79 Å². The number of amides is 1. The molecule has 2 aliphatic rings. The fraction of sp³-hybridized carbons (Fsp3) is 0.423. The standard InChI is InChI=1S/C26H26BrF3N4O3S/c1-3-37-25(36)22-16-9-4-13(2)10-19(16)38-24(22)32-23(35)18-12-21-31-17(14-5-7-15(27)8-6-14)11-20(26(28,29)30)34(21)33-18/h5-8,12-13,17,20,31H,3-4,9-11H2,1-2H3,(H,32,35)/t13-,17+,20-/m1/s1. The van der Waals surface area contributed by atoms with E-state index in [0.29, 0.717) is 28.5 Å². The van der Waals surface area contributed by atoms with Crippen molar-refractivity contribution in [1.29, 1.82) is 0 Å². The smallest absolute Gasteiger partial charge is 0.410 e. The number of nitrogens with one attached hydrogen (secondary N) is 2. The second-order valence-electron chi connectivity index (χ2n) is 9.63. The van der Waals surface area contributed by atoms with Crippen LogP contribution in [0.1, 0.15) is 75.6 Å². The molecule has 3 heterocycles. The van der Waals surface area contributed by atoms with E-state index in [1.54, 1.807) is 31.2 Å². The average molecular weight is 611 g/mol. The Morgan fingerprint density at radius 3 is 2.71 bits per heavy atom. The maximum absolute atomic E-state index is 14.1. The molecule has 7 nitrogen and oxygen atoms in total. The third-order valence-corrected chi connectivity index (χ3v) is 8.61. The molecule has 2 N–H and O–H groups in total. The third kappa shape index (κ3) is 5.20. The van der Waals surface area contributed by atoms with Gasteiger partial charge < -0.3 is 15.4 Å². The van der Waals surface area contributed by atoms with Crippen LogP contribution in [0.25, 0.3) is 0 Å². The normalized spacial score (nSPS) is 20.7. The molecule has 3 atom stereocenters. The topological polar surface area (TPSA) is 85.2 Å². The first kappa shape index (κ1) is 26.7. The van der Waals surface area contributed by atoms with Crippen LogP contribution in [0.4, 0.5) is 24.0 Å². The fourth-order valence-corrected chi connectivity index (χ4v) is 6.68. The Morgan fingerprint density at radius 1 is 1.29 bits per heavy atom. The van der Waals surface area contributed by atoms with E-state index in [9.17, 15) is 22.8 Å². The largest absolute Gasteiger partial charge is 0.462 e. The van der Waals surface area contributed by atoms with Gasteiger partial charge in [0.25, 0.3) is 5.91 Å². The lowest BCUT2D eigenvalue weighted by Crippen LogP contribution is -2.35. The number of carbonyl (C=O) groups is 2. The number of nitrogens with zero attached hydrogens (tertiary/aromatic N) is 2. The van der Waals surface area contributed by atoms with Gasteiger partial charge in [0.05, 0.1) is 18.2 Å². The van der Waals surface area contributed by atoms with Crippen molar-refractivity contribution >= 4 is 50.0 Å². The van der Waals surface area contributed by atoms with Gasteiger partial charge >= 0.3 is 12.1 Å². The molecule has 0 radical (unpaired) electrons. The first-order chi connectivity index (χ1) is 18.0. The zero-order valence-electron chi connectivity index (χ0n) is 20.7. The van der Waals surface area contributed by atoms with Crippen LogP contribution in [0.5, 0.6) is 0 Å². The van der Waals surface area contributed by atoms with E-state index in [2.05, 4.69) is 38.6 Å². The molecule has 5 rings (SSSR count). The molecule has 0 saturated carbocycles. The molecule has 0 unspecified atom stereocenters. The van der Waals surface area contributed by atoms with E-state index in [0.717, 1.165) is 32.4 Å². The molecule has 0 spiro atoms. The summed E-state index contributed by atoms with van der Waals surface area (Å²) in [4.78, 5) is 27.0. The Kier molecular flexibility index (Phi) is 7.29. The van der Waals surface area contributed by atoms with Gasteiger partial charge in [-0.1, -0.05) is 35.0 Å². The van der Waals surface area contributed by atoms with E-state index in [4.69, 9.17) is 4.74 Å². The van der Waals surface area contributed by atoms with Crippen LogP contribution >= 0.6 is 27.3 Å². The molecule has 12 heteroatoms. The Labute approximate surface area is 229 Å². The molecule has 202 valence electrons. The number of alkyl halides is 3. The molecule has 3 aromatic rings. The molecule has 38 heavy (non-hydrogen) atoms. The minimum atomic E-state index is -4.56. The van der Waals surface area contributed by atoms with Gasteiger partial charge in [0.15, 0.2) is 11.7 Å². The average Bonchev–Trinajstić information content (AvgIpc) is 3.44. The number of rotatable bonds is 5. The van der Waals surface area contributed by atoms with Crippen molar-refractivity contribution in [1.82, 2.24) is 9.78 Å². The lowest BCUT2D eigenvalue weighted by Gasteiger charge is -2.33. The van der Waals surface area contributed by atoms with E-state index < -0.39 is 30.1 Å². The van der Waals surface area contributed by atoms with Gasteiger partial charge in [0.2, 0.25) is 0 Å². The zero-order valence-corrected chi connectivity index (χ0v) is 23.1. The second kappa shape index (κ2) is 10.4. The minimum absolute atomic E-state index is 0.0987. The Morgan fingerprint density at radius 2 is 2.03 bits per heavy atom. The molecule has 0 fully saturated rings. The number of thiophene rings is 1. The second-order valence-corrected chi connectivity index (χ2v) is 11.7. The summed E-state index contributed by atoms with van der Waals surface area (Å²) in [6.07, 6.45) is -2.43. The number of hydrogen-bond donors (Lipinski definition) is 2. The lowest BCUT2D eigenvalue weighted by molar-refractivity contribution is -0.173. The highest BCUT2D eigenvalue weighted by Crippen LogP contribution is 2.44. The lowest BCUT2D eigenvalue weighted by atomic mass is 9.88. The quantitative estimate of drug-likeness (QED) is 0.306. The summed E-state index contributed by atoms with van der Waals surface area (Å²) < 4.78 is 49.1. The van der Waals surface area contributed by atoms with Crippen molar-refractivity contribution in [2.24, 2.45) is 5.92 Å². The first-order valence-corrected chi connectivity index (χ1v) is 14.0. The summed E-state index contributed by atoms with van der Waals surface area (Å²) in [6, 6.07) is 5.85. The van der Waals surface area contributed by atoms with Crippen LogP contribution in [0, 0.1) is 5.92 Å². The number of anilines is 2. The molecule has 1 aromatic carbocycles. The van der Waals surface area contributed by atoms with E-state index >= 15 is 0 Å². The Bertz CT molecular complexity index is 1370. The molecular weight excluding hydrogens is 585 g/mol. The van der Waals surface area contributed by atoms with Gasteiger partial charge in [-0.05, 0) is 55.4 Å². The summed E-state index contributed by atoms with van der Waals surface area (Å²) >= 11 is 4.66. The van der Waals surface area contributed by atoms with E-state index in [1.807, 2.05) is 0 Å². The minimum Gasteiger partial charge on any atom is -0.462 e. The van der Waals surface area contributed by atoms with Crippen molar-refractivity contribution in [2.75, 3.05) is 17.2 Å². The number of halogens is 4. The summed E-state index contributed by atoms with van der Waals surface area (Å²) in [5, 5.41) is 10.2. The van der Waals surface area contributed by atoms with Crippen LogP contribution in [0.2, 0.25) is 0 Å². The van der Waals surface area contributed by atoms with Gasteiger partial charge in [0, 0.05) is 21.8 Å². The Balaban J connectivity index is 1.45. The van der Waals surface area contributed by atoms with Crippen LogP contribution in [0.3, 0.4) is 0 Å². The highest BCUT2D eigenvalue weighted by molar-refractivity contribution is 9.10. The highest BCUT2D eigenvalue weighted by atomic mass is 79.9. The van der Waals surface area contributed by atoms with Crippen LogP contribution < -0.4 is 10.6 Å². The van der Waals surface area contributed by atoms with Gasteiger partial charge in [-0.15, -0.1) is 11.3 Å². The van der Waals surface area contributed by atoms with Gasteiger partial charge in [0.1, 0.15) is 10.8 Å². The third-order valence-electron chi connectivity index (χ3n) is 6.91. The summed E-state index contributed by atoms with van der Waals surface area (Å²) in [5.41, 5.74) is 1.73. The number of ether oxygens (including phenoxy) is 1. The highest BCUT2D eigenvalue weighted by Gasteiger charge is 2.47. The maximum Gasteiger partial charge on any atom is 0.410 e. The summed E-state index contributed by atoms with van der Waals surface area (Å²) in [7, 11) is 0. The number of carbonyl (C=O) groups excluding carboxylic acids is 2. The number of aromatic nitrogens is 2. The SMILES string of the molecule is CCOC(=O)c1c(NC(=O)c2cc3n(n2)[C@@H](C(F)(F)F)C[C@@H](c2ccc(Br)cc2)N3)sc2c1CC[C@@H](C)C2. The zero-order chi connectivity index (χ0) is 27.2. The van der Waals surface area contributed by atoms with Crippen LogP contribution in [-0.4, -0.2) is 34.4 Å². The number of benzene rings is 1. The van der Waals surface area contributed by atoms with Gasteiger partial charge in [-0.2, -0.15) is 18.3 Å². The van der Waals surface area contributed by atoms with Crippen LogP contribution in [0.15, 0.2) is 34.8 Å². The van der Waals surface area contributed by atoms with E-state index in [-0.39, 0.29) is 24.5 Å². The molecule has 2 aromatic heterocycles. The molecule has 0 bridgehead atoms. The predicted molar refractivity (Wildman–Crippen MR) is 142 cm³/mol. The van der Waals surface area contributed by atoms with Crippen molar-refractivity contribution < 1.29 is 27.5 Å². The number of esters is 1. The monoisotopic (exact) mass is 610 g/mol. The van der Waals surface area contributed by atoms with Crippen LogP contribution in [-0.2, 0) is 17.6 Å². The van der Waals surface area contributed by atoms with Crippen molar-refractivity contribution in [3.63, 3.8) is 0 Å². The molecule has 1 aliphatic heterocycles. The molecule has 1 amide bonds. The van der Waals surface area contributed by atoms with Crippen molar-refractivity contribution in [3.8, 4) is 0 Å². The maximum atomic E-state index is 14.1. The van der Waals surface area contributed by atoms with Crippen molar-refractivity contribution in [2.45, 2.75) is 57.8 Å². The fourth-order valence-electron chi connectivity index (χ4n) is 5.02. The molecule has 0 saturated heterocycles. The molecule has 1 aliphatic carbocycles. The molecular formula is C26H26BrF3N4O3S. The first-order valence-electron chi connectivity index (χ1n) is 12.4.